The lowest BCUT2D eigenvalue weighted by Crippen LogP contribution is -2.47. The van der Waals surface area contributed by atoms with Gasteiger partial charge in [0, 0.05) is 43.2 Å². The maximum atomic E-state index is 12.7. The molecule has 122 valence electrons. The predicted octanol–water partition coefficient (Wildman–Crippen LogP) is 2.08. The Bertz CT molecular complexity index is 506. The van der Waals surface area contributed by atoms with Crippen LogP contribution in [0.5, 0.6) is 0 Å². The number of likely N-dealkylation sites (tertiary alicyclic amines) is 1. The Balaban J connectivity index is 1.60. The number of nitrogens with zero attached hydrogens (tertiary/aromatic N) is 3. The highest BCUT2D eigenvalue weighted by molar-refractivity contribution is 7.99. The Morgan fingerprint density at radius 3 is 2.77 bits per heavy atom. The number of carbonyl (C=O) groups is 1. The molecule has 1 unspecified atom stereocenters. The number of aromatic nitrogens is 1. The monoisotopic (exact) mass is 323 g/mol. The van der Waals surface area contributed by atoms with E-state index >= 15 is 0 Å². The van der Waals surface area contributed by atoms with Gasteiger partial charge in [0.25, 0.3) is 0 Å². The van der Waals surface area contributed by atoms with Gasteiger partial charge in [-0.2, -0.15) is 11.8 Å². The third kappa shape index (κ3) is 3.49. The lowest BCUT2D eigenvalue weighted by Gasteiger charge is -2.36. The lowest BCUT2D eigenvalue weighted by atomic mass is 9.96. The van der Waals surface area contributed by atoms with Gasteiger partial charge in [-0.05, 0) is 33.2 Å². The molecule has 0 aromatic carbocycles. The van der Waals surface area contributed by atoms with Crippen molar-refractivity contribution in [3.05, 3.63) is 17.0 Å². The zero-order chi connectivity index (χ0) is 15.5. The van der Waals surface area contributed by atoms with Crippen molar-refractivity contribution in [3.8, 4) is 0 Å². The first kappa shape index (κ1) is 15.9. The predicted molar refractivity (Wildman–Crippen MR) is 87.9 cm³/mol. The average Bonchev–Trinajstić information content (AvgIpc) is 2.87. The van der Waals surface area contributed by atoms with Gasteiger partial charge in [-0.3, -0.25) is 9.69 Å². The highest BCUT2D eigenvalue weighted by Gasteiger charge is 2.30. The van der Waals surface area contributed by atoms with Crippen LogP contribution in [0.4, 0.5) is 0 Å². The molecule has 1 aromatic heterocycles. The van der Waals surface area contributed by atoms with Crippen LogP contribution in [0, 0.1) is 19.8 Å². The van der Waals surface area contributed by atoms with Crippen molar-refractivity contribution < 1.29 is 9.32 Å². The molecule has 2 aliphatic rings. The smallest absolute Gasteiger partial charge is 0.227 e. The summed E-state index contributed by atoms with van der Waals surface area (Å²) in [6.45, 7) is 8.57. The standard InChI is InChI=1S/C16H25N3O2S/c1-12-15(13(2)21-17-12)11-18-5-3-4-14(10-18)16(20)19-6-8-22-9-7-19/h14H,3-11H2,1-2H3. The van der Waals surface area contributed by atoms with Crippen LogP contribution in [0.25, 0.3) is 0 Å². The topological polar surface area (TPSA) is 49.6 Å². The van der Waals surface area contributed by atoms with E-state index in [0.29, 0.717) is 5.91 Å². The summed E-state index contributed by atoms with van der Waals surface area (Å²) in [5.74, 6) is 3.60. The van der Waals surface area contributed by atoms with Crippen LogP contribution in [0.15, 0.2) is 4.52 Å². The summed E-state index contributed by atoms with van der Waals surface area (Å²) in [6, 6.07) is 0. The quantitative estimate of drug-likeness (QED) is 0.852. The minimum atomic E-state index is 0.164. The summed E-state index contributed by atoms with van der Waals surface area (Å²) in [6.07, 6.45) is 2.13. The third-order valence-corrected chi connectivity index (χ3v) is 5.68. The first-order valence-corrected chi connectivity index (χ1v) is 9.31. The fourth-order valence-electron chi connectivity index (χ4n) is 3.39. The van der Waals surface area contributed by atoms with Crippen LogP contribution in [-0.2, 0) is 11.3 Å². The fourth-order valence-corrected chi connectivity index (χ4v) is 4.30. The number of thioether (sulfide) groups is 1. The molecule has 5 nitrogen and oxygen atoms in total. The Kier molecular flexibility index (Phi) is 5.08. The Labute approximate surface area is 136 Å². The first-order chi connectivity index (χ1) is 10.6. The summed E-state index contributed by atoms with van der Waals surface area (Å²) in [4.78, 5) is 17.2. The molecule has 0 spiro atoms. The molecule has 1 amide bonds. The zero-order valence-electron chi connectivity index (χ0n) is 13.5. The summed E-state index contributed by atoms with van der Waals surface area (Å²) >= 11 is 1.95. The number of hydrogen-bond acceptors (Lipinski definition) is 5. The van der Waals surface area contributed by atoms with Crippen LogP contribution in [0.3, 0.4) is 0 Å². The number of rotatable bonds is 3. The highest BCUT2D eigenvalue weighted by atomic mass is 32.2. The number of carbonyl (C=O) groups excluding carboxylic acids is 1. The minimum Gasteiger partial charge on any atom is -0.361 e. The van der Waals surface area contributed by atoms with Gasteiger partial charge in [0.05, 0.1) is 11.6 Å². The number of hydrogen-bond donors (Lipinski definition) is 0. The molecule has 3 heterocycles. The maximum Gasteiger partial charge on any atom is 0.227 e. The van der Waals surface area contributed by atoms with Crippen molar-refractivity contribution in [3.63, 3.8) is 0 Å². The first-order valence-electron chi connectivity index (χ1n) is 8.16. The second kappa shape index (κ2) is 7.04. The molecule has 0 N–H and O–H groups in total. The van der Waals surface area contributed by atoms with Crippen molar-refractivity contribution in [2.24, 2.45) is 5.92 Å². The van der Waals surface area contributed by atoms with E-state index in [1.807, 2.05) is 25.6 Å². The maximum absolute atomic E-state index is 12.7. The molecule has 0 radical (unpaired) electrons. The van der Waals surface area contributed by atoms with Crippen molar-refractivity contribution in [2.75, 3.05) is 37.7 Å². The third-order valence-electron chi connectivity index (χ3n) is 4.74. The van der Waals surface area contributed by atoms with E-state index in [0.717, 1.165) is 68.5 Å². The summed E-state index contributed by atoms with van der Waals surface area (Å²) in [5.41, 5.74) is 2.15. The lowest BCUT2D eigenvalue weighted by molar-refractivity contribution is -0.137. The van der Waals surface area contributed by atoms with Crippen LogP contribution < -0.4 is 0 Å². The van der Waals surface area contributed by atoms with Gasteiger partial charge in [-0.25, -0.2) is 0 Å². The van der Waals surface area contributed by atoms with Crippen molar-refractivity contribution >= 4 is 17.7 Å². The molecule has 6 heteroatoms. The minimum absolute atomic E-state index is 0.164. The number of piperidine rings is 1. The van der Waals surface area contributed by atoms with Gasteiger partial charge in [0.15, 0.2) is 0 Å². The highest BCUT2D eigenvalue weighted by Crippen LogP contribution is 2.24. The van der Waals surface area contributed by atoms with Crippen LogP contribution in [0.2, 0.25) is 0 Å². The van der Waals surface area contributed by atoms with Crippen LogP contribution in [-0.4, -0.2) is 58.5 Å². The molecule has 3 rings (SSSR count). The molecule has 2 aliphatic heterocycles. The van der Waals surface area contributed by atoms with Crippen molar-refractivity contribution in [1.29, 1.82) is 0 Å². The summed E-state index contributed by atoms with van der Waals surface area (Å²) in [5, 5.41) is 4.03. The molecule has 0 bridgehead atoms. The van der Waals surface area contributed by atoms with Gasteiger partial charge in [-0.1, -0.05) is 5.16 Å². The van der Waals surface area contributed by atoms with E-state index in [-0.39, 0.29) is 5.92 Å². The van der Waals surface area contributed by atoms with E-state index in [1.54, 1.807) is 0 Å². The van der Waals surface area contributed by atoms with Crippen molar-refractivity contribution in [2.45, 2.75) is 33.2 Å². The molecule has 1 atom stereocenters. The second-order valence-corrected chi connectivity index (χ2v) is 7.54. The fraction of sp³-hybridized carbons (Fsp3) is 0.750. The molecular weight excluding hydrogens is 298 g/mol. The van der Waals surface area contributed by atoms with Crippen molar-refractivity contribution in [1.82, 2.24) is 15.0 Å². The van der Waals surface area contributed by atoms with Gasteiger partial charge in [0.1, 0.15) is 5.76 Å². The Morgan fingerprint density at radius 1 is 1.32 bits per heavy atom. The number of aryl methyl sites for hydroxylation is 2. The molecule has 0 aliphatic carbocycles. The van der Waals surface area contributed by atoms with Gasteiger partial charge >= 0.3 is 0 Å². The molecule has 2 fully saturated rings. The molecule has 1 aromatic rings. The van der Waals surface area contributed by atoms with Crippen LogP contribution >= 0.6 is 11.8 Å². The Hall–Kier alpha value is -1.01. The van der Waals surface area contributed by atoms with E-state index in [2.05, 4.69) is 15.0 Å². The van der Waals surface area contributed by atoms with E-state index in [1.165, 1.54) is 5.56 Å². The van der Waals surface area contributed by atoms with Gasteiger partial charge < -0.3 is 9.42 Å². The molecule has 0 saturated carbocycles. The zero-order valence-corrected chi connectivity index (χ0v) is 14.3. The normalized spacial score (nSPS) is 23.7. The molecule has 2 saturated heterocycles. The SMILES string of the molecule is Cc1noc(C)c1CN1CCCC(C(=O)N2CCSCC2)C1. The van der Waals surface area contributed by atoms with E-state index < -0.39 is 0 Å². The number of amides is 1. The van der Waals surface area contributed by atoms with Gasteiger partial charge in [0.2, 0.25) is 5.91 Å². The molecule has 22 heavy (non-hydrogen) atoms. The second-order valence-electron chi connectivity index (χ2n) is 6.31. The van der Waals surface area contributed by atoms with Gasteiger partial charge in [-0.15, -0.1) is 0 Å². The van der Waals surface area contributed by atoms with Crippen LogP contribution in [0.1, 0.15) is 29.9 Å². The van der Waals surface area contributed by atoms with E-state index in [4.69, 9.17) is 4.52 Å². The molecular formula is C16H25N3O2S. The summed E-state index contributed by atoms with van der Waals surface area (Å²) < 4.78 is 5.25. The average molecular weight is 323 g/mol. The van der Waals surface area contributed by atoms with E-state index in [9.17, 15) is 4.79 Å². The summed E-state index contributed by atoms with van der Waals surface area (Å²) in [7, 11) is 0. The largest absolute Gasteiger partial charge is 0.361 e. The Morgan fingerprint density at radius 2 is 2.09 bits per heavy atom.